The molecule has 0 aliphatic carbocycles. The van der Waals surface area contributed by atoms with Crippen molar-refractivity contribution in [3.63, 3.8) is 0 Å². The maximum absolute atomic E-state index is 13.0. The van der Waals surface area contributed by atoms with Crippen LogP contribution >= 0.6 is 0 Å². The first kappa shape index (κ1) is 23.3. The molecule has 1 aliphatic heterocycles. The van der Waals surface area contributed by atoms with Crippen molar-refractivity contribution in [2.24, 2.45) is 0 Å². The zero-order valence-electron chi connectivity index (χ0n) is 19.0. The second kappa shape index (κ2) is 10.3. The van der Waals surface area contributed by atoms with Crippen LogP contribution in [0.5, 0.6) is 11.5 Å². The number of hydrogen-bond acceptors (Lipinski definition) is 6. The largest absolute Gasteiger partial charge is 0.507 e. The predicted molar refractivity (Wildman–Crippen MR) is 123 cm³/mol. The summed E-state index contributed by atoms with van der Waals surface area (Å²) in [7, 11) is 3.81. The molecule has 1 saturated heterocycles. The summed E-state index contributed by atoms with van der Waals surface area (Å²) in [6, 6.07) is 13.4. The summed E-state index contributed by atoms with van der Waals surface area (Å²) in [4.78, 5) is 29.4. The van der Waals surface area contributed by atoms with Gasteiger partial charge in [-0.25, -0.2) is 0 Å². The first-order chi connectivity index (χ1) is 15.4. The lowest BCUT2D eigenvalue weighted by Crippen LogP contribution is -2.35. The molecule has 1 heterocycles. The number of nitrogens with zero attached hydrogens (tertiary/aromatic N) is 2. The van der Waals surface area contributed by atoms with E-state index in [0.29, 0.717) is 43.4 Å². The second-order valence-electron chi connectivity index (χ2n) is 7.76. The number of amides is 1. The molecule has 7 heteroatoms. The van der Waals surface area contributed by atoms with Gasteiger partial charge in [0.25, 0.3) is 11.7 Å². The van der Waals surface area contributed by atoms with Gasteiger partial charge in [0.1, 0.15) is 17.3 Å². The standard InChI is InChI=1S/C25H30N2O5/c1-5-31-19-11-7-17(8-12-19)22-21(24(29)25(30)27(22)16-15-26(3)4)23(28)18-9-13-20(14-10-18)32-6-2/h7-14,22,28H,5-6,15-16H2,1-4H3/b23-21-. The van der Waals surface area contributed by atoms with Crippen molar-refractivity contribution in [1.82, 2.24) is 9.80 Å². The Hall–Kier alpha value is -3.32. The van der Waals surface area contributed by atoms with Gasteiger partial charge in [0.2, 0.25) is 0 Å². The van der Waals surface area contributed by atoms with Crippen LogP contribution < -0.4 is 9.47 Å². The van der Waals surface area contributed by atoms with Crippen LogP contribution in [0.1, 0.15) is 31.0 Å². The zero-order valence-corrected chi connectivity index (χ0v) is 19.0. The van der Waals surface area contributed by atoms with E-state index in [4.69, 9.17) is 9.47 Å². The molecular weight excluding hydrogens is 408 g/mol. The third-order valence-electron chi connectivity index (χ3n) is 5.27. The number of carbonyl (C=O) groups is 2. The Bertz CT molecular complexity index is 980. The van der Waals surface area contributed by atoms with Crippen molar-refractivity contribution in [2.75, 3.05) is 40.4 Å². The molecule has 1 N–H and O–H groups in total. The summed E-state index contributed by atoms with van der Waals surface area (Å²) < 4.78 is 11.0. The lowest BCUT2D eigenvalue weighted by molar-refractivity contribution is -0.140. The number of Topliss-reactive ketones (excluding diaryl/α,β-unsaturated/α-hetero) is 1. The van der Waals surface area contributed by atoms with Gasteiger partial charge < -0.3 is 24.4 Å². The van der Waals surface area contributed by atoms with E-state index in [-0.39, 0.29) is 11.3 Å². The number of carbonyl (C=O) groups excluding carboxylic acids is 2. The Kier molecular flexibility index (Phi) is 7.53. The van der Waals surface area contributed by atoms with E-state index in [9.17, 15) is 14.7 Å². The van der Waals surface area contributed by atoms with Crippen LogP contribution in [0, 0.1) is 0 Å². The molecule has 7 nitrogen and oxygen atoms in total. The maximum atomic E-state index is 13.0. The van der Waals surface area contributed by atoms with Crippen molar-refractivity contribution in [3.8, 4) is 11.5 Å². The molecule has 1 atom stereocenters. The Morgan fingerprint density at radius 3 is 1.97 bits per heavy atom. The van der Waals surface area contributed by atoms with Crippen LogP contribution in [0.15, 0.2) is 54.1 Å². The SMILES string of the molecule is CCOc1ccc(/C(O)=C2/C(=O)C(=O)N(CCN(C)C)C2c2ccc(OCC)cc2)cc1. The highest BCUT2D eigenvalue weighted by Crippen LogP contribution is 2.39. The van der Waals surface area contributed by atoms with Crippen molar-refractivity contribution in [3.05, 3.63) is 65.2 Å². The summed E-state index contributed by atoms with van der Waals surface area (Å²) in [6.07, 6.45) is 0. The monoisotopic (exact) mass is 438 g/mol. The molecule has 170 valence electrons. The van der Waals surface area contributed by atoms with Gasteiger partial charge in [0, 0.05) is 18.7 Å². The van der Waals surface area contributed by atoms with Crippen LogP contribution in [0.25, 0.3) is 5.76 Å². The average Bonchev–Trinajstić information content (AvgIpc) is 3.03. The van der Waals surface area contributed by atoms with E-state index >= 15 is 0 Å². The van der Waals surface area contributed by atoms with Crippen LogP contribution in [-0.4, -0.2) is 67.0 Å². The van der Waals surface area contributed by atoms with E-state index in [1.807, 2.05) is 57.1 Å². The number of likely N-dealkylation sites (tertiary alicyclic amines) is 1. The number of likely N-dealkylation sites (N-methyl/N-ethyl adjacent to an activating group) is 1. The molecule has 2 aromatic rings. The number of ether oxygens (including phenoxy) is 2. The van der Waals surface area contributed by atoms with Gasteiger partial charge in [-0.1, -0.05) is 12.1 Å². The third kappa shape index (κ3) is 4.94. The van der Waals surface area contributed by atoms with Crippen molar-refractivity contribution >= 4 is 17.4 Å². The molecule has 1 amide bonds. The Morgan fingerprint density at radius 1 is 0.938 bits per heavy atom. The maximum Gasteiger partial charge on any atom is 0.295 e. The first-order valence-electron chi connectivity index (χ1n) is 10.8. The highest BCUT2D eigenvalue weighted by Gasteiger charge is 2.45. The number of benzene rings is 2. The van der Waals surface area contributed by atoms with E-state index in [1.54, 1.807) is 24.3 Å². The summed E-state index contributed by atoms with van der Waals surface area (Å²) in [6.45, 7) is 5.80. The van der Waals surface area contributed by atoms with Gasteiger partial charge in [-0.05, 0) is 69.9 Å². The van der Waals surface area contributed by atoms with Crippen LogP contribution in [0.4, 0.5) is 0 Å². The van der Waals surface area contributed by atoms with Gasteiger partial charge >= 0.3 is 0 Å². The fourth-order valence-electron chi connectivity index (χ4n) is 3.71. The molecule has 32 heavy (non-hydrogen) atoms. The van der Waals surface area contributed by atoms with Crippen molar-refractivity contribution in [2.45, 2.75) is 19.9 Å². The highest BCUT2D eigenvalue weighted by atomic mass is 16.5. The van der Waals surface area contributed by atoms with Gasteiger partial charge in [-0.3, -0.25) is 9.59 Å². The molecule has 1 aliphatic rings. The minimum absolute atomic E-state index is 0.0853. The Morgan fingerprint density at radius 2 is 1.47 bits per heavy atom. The summed E-state index contributed by atoms with van der Waals surface area (Å²) in [5, 5.41) is 11.1. The molecule has 0 bridgehead atoms. The molecular formula is C25H30N2O5. The van der Waals surface area contributed by atoms with Crippen LogP contribution in [0.2, 0.25) is 0 Å². The fourth-order valence-corrected chi connectivity index (χ4v) is 3.71. The van der Waals surface area contributed by atoms with E-state index in [2.05, 4.69) is 0 Å². The van der Waals surface area contributed by atoms with Gasteiger partial charge in [0.05, 0.1) is 24.8 Å². The highest BCUT2D eigenvalue weighted by molar-refractivity contribution is 6.46. The quantitative estimate of drug-likeness (QED) is 0.367. The normalized spacial score (nSPS) is 17.8. The van der Waals surface area contributed by atoms with Gasteiger partial charge in [-0.2, -0.15) is 0 Å². The molecule has 1 fully saturated rings. The molecule has 0 spiro atoms. The number of aliphatic hydroxyl groups excluding tert-OH is 1. The topological polar surface area (TPSA) is 79.3 Å². The minimum atomic E-state index is -0.686. The fraction of sp³-hybridized carbons (Fsp3) is 0.360. The van der Waals surface area contributed by atoms with Gasteiger partial charge in [0.15, 0.2) is 0 Å². The number of hydrogen-bond donors (Lipinski definition) is 1. The summed E-state index contributed by atoms with van der Waals surface area (Å²) >= 11 is 0. The first-order valence-corrected chi connectivity index (χ1v) is 10.8. The average molecular weight is 439 g/mol. The minimum Gasteiger partial charge on any atom is -0.507 e. The predicted octanol–water partition coefficient (Wildman–Crippen LogP) is 3.47. The van der Waals surface area contributed by atoms with Crippen molar-refractivity contribution < 1.29 is 24.2 Å². The third-order valence-corrected chi connectivity index (χ3v) is 5.27. The molecule has 3 rings (SSSR count). The molecule has 2 aromatic carbocycles. The lowest BCUT2D eigenvalue weighted by atomic mass is 9.95. The van der Waals surface area contributed by atoms with E-state index in [0.717, 1.165) is 5.56 Å². The Balaban J connectivity index is 2.06. The molecule has 0 saturated carbocycles. The van der Waals surface area contributed by atoms with E-state index in [1.165, 1.54) is 4.90 Å². The van der Waals surface area contributed by atoms with Crippen molar-refractivity contribution in [1.29, 1.82) is 0 Å². The smallest absolute Gasteiger partial charge is 0.295 e. The second-order valence-corrected chi connectivity index (χ2v) is 7.76. The molecule has 1 unspecified atom stereocenters. The van der Waals surface area contributed by atoms with E-state index < -0.39 is 17.7 Å². The Labute approximate surface area is 188 Å². The summed E-state index contributed by atoms with van der Waals surface area (Å²) in [5.41, 5.74) is 1.27. The lowest BCUT2D eigenvalue weighted by Gasteiger charge is -2.26. The van der Waals surface area contributed by atoms with Crippen LogP contribution in [0.3, 0.4) is 0 Å². The van der Waals surface area contributed by atoms with Crippen LogP contribution in [-0.2, 0) is 9.59 Å². The number of ketones is 1. The van der Waals surface area contributed by atoms with Gasteiger partial charge in [-0.15, -0.1) is 0 Å². The number of rotatable bonds is 9. The number of aliphatic hydroxyl groups is 1. The molecule has 0 radical (unpaired) electrons. The summed E-state index contributed by atoms with van der Waals surface area (Å²) in [5.74, 6) is -0.128. The molecule has 0 aromatic heterocycles. The zero-order chi connectivity index (χ0) is 23.3.